The quantitative estimate of drug-likeness (QED) is 0.515. The summed E-state index contributed by atoms with van der Waals surface area (Å²) in [7, 11) is 3.63. The summed E-state index contributed by atoms with van der Waals surface area (Å²) in [6.45, 7) is 3.53. The first-order chi connectivity index (χ1) is 15.4. The van der Waals surface area contributed by atoms with Crippen LogP contribution in [0.4, 0.5) is 18.9 Å². The minimum absolute atomic E-state index is 0.0598. The molecule has 0 radical (unpaired) electrons. The molecule has 0 saturated carbocycles. The zero-order valence-electron chi connectivity index (χ0n) is 18.2. The van der Waals surface area contributed by atoms with Gasteiger partial charge in [-0.2, -0.15) is 0 Å². The Morgan fingerprint density at radius 2 is 1.94 bits per heavy atom. The van der Waals surface area contributed by atoms with Gasteiger partial charge in [0.25, 0.3) is 6.43 Å². The Labute approximate surface area is 185 Å². The van der Waals surface area contributed by atoms with Crippen molar-refractivity contribution in [1.82, 2.24) is 9.88 Å². The molecule has 0 unspecified atom stereocenters. The van der Waals surface area contributed by atoms with E-state index in [2.05, 4.69) is 22.2 Å². The fourth-order valence-corrected chi connectivity index (χ4v) is 4.08. The second kappa shape index (κ2) is 9.24. The number of ether oxygens (including phenoxy) is 2. The molecule has 1 aliphatic heterocycles. The SMILES string of the molecule is COc1cc2nccc(N[C@H](C)c3cccc(C(F)F)c3F)c2cc1O[C@H]1CCN(C)C1. The Kier molecular flexibility index (Phi) is 6.41. The Bertz CT molecular complexity index is 1110. The number of likely N-dealkylation sites (tertiary alicyclic amines) is 1. The van der Waals surface area contributed by atoms with Crippen LogP contribution in [0.15, 0.2) is 42.6 Å². The highest BCUT2D eigenvalue weighted by Crippen LogP contribution is 2.37. The number of hydrogen-bond acceptors (Lipinski definition) is 5. The Morgan fingerprint density at radius 1 is 1.16 bits per heavy atom. The summed E-state index contributed by atoms with van der Waals surface area (Å²) < 4.78 is 52.6. The van der Waals surface area contributed by atoms with Crippen LogP contribution < -0.4 is 14.8 Å². The van der Waals surface area contributed by atoms with E-state index in [9.17, 15) is 13.2 Å². The fourth-order valence-electron chi connectivity index (χ4n) is 4.08. The Balaban J connectivity index is 1.67. The summed E-state index contributed by atoms with van der Waals surface area (Å²) in [6.07, 6.45) is -0.253. The first kappa shape index (κ1) is 22.2. The molecule has 0 aliphatic carbocycles. The van der Waals surface area contributed by atoms with E-state index in [1.165, 1.54) is 12.1 Å². The molecule has 1 saturated heterocycles. The molecule has 3 aromatic rings. The fraction of sp³-hybridized carbons (Fsp3) is 0.375. The largest absolute Gasteiger partial charge is 0.493 e. The molecule has 1 aliphatic rings. The van der Waals surface area contributed by atoms with Gasteiger partial charge in [0.15, 0.2) is 11.5 Å². The molecular formula is C24H26F3N3O2. The third-order valence-corrected chi connectivity index (χ3v) is 5.80. The molecule has 1 fully saturated rings. The summed E-state index contributed by atoms with van der Waals surface area (Å²) in [4.78, 5) is 6.62. The molecule has 2 atom stereocenters. The van der Waals surface area contributed by atoms with Crippen molar-refractivity contribution in [3.05, 3.63) is 59.5 Å². The van der Waals surface area contributed by atoms with Crippen LogP contribution in [0.2, 0.25) is 0 Å². The molecule has 0 bridgehead atoms. The number of anilines is 1. The lowest BCUT2D eigenvalue weighted by atomic mass is 10.0. The van der Waals surface area contributed by atoms with Crippen molar-refractivity contribution < 1.29 is 22.6 Å². The molecule has 0 spiro atoms. The predicted octanol–water partition coefficient (Wildman–Crippen LogP) is 5.58. The molecule has 5 nitrogen and oxygen atoms in total. The van der Waals surface area contributed by atoms with E-state index in [-0.39, 0.29) is 11.7 Å². The van der Waals surface area contributed by atoms with Gasteiger partial charge in [-0.3, -0.25) is 4.98 Å². The van der Waals surface area contributed by atoms with Crippen molar-refractivity contribution in [3.63, 3.8) is 0 Å². The van der Waals surface area contributed by atoms with Gasteiger partial charge < -0.3 is 19.7 Å². The van der Waals surface area contributed by atoms with Crippen LogP contribution in [-0.4, -0.2) is 43.2 Å². The average molecular weight is 445 g/mol. The minimum Gasteiger partial charge on any atom is -0.493 e. The van der Waals surface area contributed by atoms with Crippen LogP contribution in [0.1, 0.15) is 36.9 Å². The summed E-state index contributed by atoms with van der Waals surface area (Å²) in [6, 6.07) is 8.95. The maximum absolute atomic E-state index is 14.6. The number of methoxy groups -OCH3 is 1. The van der Waals surface area contributed by atoms with Gasteiger partial charge in [-0.25, -0.2) is 13.2 Å². The van der Waals surface area contributed by atoms with E-state index in [0.717, 1.165) is 31.0 Å². The predicted molar refractivity (Wildman–Crippen MR) is 118 cm³/mol. The van der Waals surface area contributed by atoms with Crippen LogP contribution in [0.5, 0.6) is 11.5 Å². The molecule has 0 amide bonds. The number of benzene rings is 2. The van der Waals surface area contributed by atoms with Gasteiger partial charge >= 0.3 is 0 Å². The number of rotatable bonds is 7. The Hall–Kier alpha value is -3.00. The number of aromatic nitrogens is 1. The van der Waals surface area contributed by atoms with Crippen LogP contribution in [0.25, 0.3) is 10.9 Å². The van der Waals surface area contributed by atoms with Crippen LogP contribution >= 0.6 is 0 Å². The third-order valence-electron chi connectivity index (χ3n) is 5.80. The number of likely N-dealkylation sites (N-methyl/N-ethyl adjacent to an activating group) is 1. The first-order valence-corrected chi connectivity index (χ1v) is 10.5. The topological polar surface area (TPSA) is 46.6 Å². The van der Waals surface area contributed by atoms with Crippen LogP contribution in [0, 0.1) is 5.82 Å². The van der Waals surface area contributed by atoms with Crippen LogP contribution in [-0.2, 0) is 0 Å². The normalized spacial score (nSPS) is 17.7. The number of fused-ring (bicyclic) bond motifs is 1. The summed E-state index contributed by atoms with van der Waals surface area (Å²) in [5.41, 5.74) is 0.946. The maximum atomic E-state index is 14.6. The van der Waals surface area contributed by atoms with Gasteiger partial charge in [0.1, 0.15) is 11.9 Å². The van der Waals surface area contributed by atoms with Gasteiger partial charge in [-0.05, 0) is 32.5 Å². The van der Waals surface area contributed by atoms with Crippen molar-refractivity contribution >= 4 is 16.6 Å². The van der Waals surface area contributed by atoms with Crippen molar-refractivity contribution in [2.75, 3.05) is 32.6 Å². The summed E-state index contributed by atoms with van der Waals surface area (Å²) in [5.74, 6) is 0.298. The zero-order valence-corrected chi connectivity index (χ0v) is 18.2. The third kappa shape index (κ3) is 4.46. The smallest absolute Gasteiger partial charge is 0.266 e. The zero-order chi connectivity index (χ0) is 22.8. The molecule has 2 aromatic carbocycles. The summed E-state index contributed by atoms with van der Waals surface area (Å²) in [5, 5.41) is 4.01. The molecule has 1 aromatic heterocycles. The second-order valence-corrected chi connectivity index (χ2v) is 8.09. The molecular weight excluding hydrogens is 419 g/mol. The van der Waals surface area contributed by atoms with E-state index in [0.29, 0.717) is 22.7 Å². The van der Waals surface area contributed by atoms with E-state index in [1.54, 1.807) is 32.4 Å². The number of nitrogens with zero attached hydrogens (tertiary/aromatic N) is 2. The van der Waals surface area contributed by atoms with Gasteiger partial charge in [0, 0.05) is 42.0 Å². The maximum Gasteiger partial charge on any atom is 0.266 e. The van der Waals surface area contributed by atoms with Crippen molar-refractivity contribution in [1.29, 1.82) is 0 Å². The molecule has 4 rings (SSSR count). The first-order valence-electron chi connectivity index (χ1n) is 10.5. The van der Waals surface area contributed by atoms with Crippen molar-refractivity contribution in [2.24, 2.45) is 0 Å². The number of hydrogen-bond donors (Lipinski definition) is 1. The lowest BCUT2D eigenvalue weighted by Crippen LogP contribution is -2.21. The standard InChI is InChI=1S/C24H26F3N3O2/c1-14(16-5-4-6-17(23(16)25)24(26)27)29-19-7-9-28-20-12-21(31-3)22(11-18(19)20)32-15-8-10-30(2)13-15/h4-7,9,11-12,14-15,24H,8,10,13H2,1-3H3,(H,28,29)/t14-,15+/m1/s1. The van der Waals surface area contributed by atoms with E-state index < -0.39 is 23.8 Å². The van der Waals surface area contributed by atoms with Crippen molar-refractivity contribution in [2.45, 2.75) is 31.9 Å². The van der Waals surface area contributed by atoms with Crippen LogP contribution in [0.3, 0.4) is 0 Å². The average Bonchev–Trinajstić information content (AvgIpc) is 3.18. The number of nitrogens with one attached hydrogen (secondary N) is 1. The molecule has 1 N–H and O–H groups in total. The lowest BCUT2D eigenvalue weighted by molar-refractivity contribution is 0.146. The number of halogens is 3. The highest BCUT2D eigenvalue weighted by atomic mass is 19.3. The van der Waals surface area contributed by atoms with Gasteiger partial charge in [0.05, 0.1) is 24.2 Å². The van der Waals surface area contributed by atoms with Crippen molar-refractivity contribution in [3.8, 4) is 11.5 Å². The van der Waals surface area contributed by atoms with E-state index in [1.807, 2.05) is 6.07 Å². The highest BCUT2D eigenvalue weighted by molar-refractivity contribution is 5.93. The molecule has 32 heavy (non-hydrogen) atoms. The minimum atomic E-state index is -2.87. The van der Waals surface area contributed by atoms with E-state index in [4.69, 9.17) is 9.47 Å². The van der Waals surface area contributed by atoms with Gasteiger partial charge in [0.2, 0.25) is 0 Å². The summed E-state index contributed by atoms with van der Waals surface area (Å²) >= 11 is 0. The second-order valence-electron chi connectivity index (χ2n) is 8.09. The highest BCUT2D eigenvalue weighted by Gasteiger charge is 2.23. The van der Waals surface area contributed by atoms with Gasteiger partial charge in [-0.15, -0.1) is 0 Å². The Morgan fingerprint density at radius 3 is 2.62 bits per heavy atom. The molecule has 170 valence electrons. The molecule has 2 heterocycles. The van der Waals surface area contributed by atoms with E-state index >= 15 is 0 Å². The van der Waals surface area contributed by atoms with Gasteiger partial charge in [-0.1, -0.05) is 18.2 Å². The number of pyridine rings is 1. The lowest BCUT2D eigenvalue weighted by Gasteiger charge is -2.20. The number of alkyl halides is 2. The monoisotopic (exact) mass is 445 g/mol. The molecule has 8 heteroatoms.